The average Bonchev–Trinajstić information content (AvgIpc) is 3.27. The summed E-state index contributed by atoms with van der Waals surface area (Å²) in [5.74, 6) is 2.03. The molecule has 0 aliphatic carbocycles. The van der Waals surface area contributed by atoms with E-state index in [9.17, 15) is 0 Å². The zero-order chi connectivity index (χ0) is 22.6. The number of imidazole rings is 1. The van der Waals surface area contributed by atoms with Crippen LogP contribution in [0.25, 0.3) is 11.2 Å². The Kier molecular flexibility index (Phi) is 5.86. The topological polar surface area (TPSA) is 89.7 Å². The molecule has 0 bridgehead atoms. The largest absolute Gasteiger partial charge is 0.497 e. The molecule has 5 rings (SSSR count). The smallest absolute Gasteiger partial charge is 0.229 e. The van der Waals surface area contributed by atoms with Gasteiger partial charge in [-0.25, -0.2) is 9.66 Å². The molecule has 1 aliphatic rings. The minimum absolute atomic E-state index is 0.620. The van der Waals surface area contributed by atoms with Crippen LogP contribution in [0, 0.1) is 6.92 Å². The van der Waals surface area contributed by atoms with Gasteiger partial charge < -0.3 is 19.7 Å². The van der Waals surface area contributed by atoms with Gasteiger partial charge in [0.25, 0.3) is 0 Å². The second-order valence-corrected chi connectivity index (χ2v) is 7.75. The highest BCUT2D eigenvalue weighted by Crippen LogP contribution is 2.27. The zero-order valence-electron chi connectivity index (χ0n) is 18.6. The van der Waals surface area contributed by atoms with Crippen LogP contribution in [-0.2, 0) is 4.74 Å². The maximum absolute atomic E-state index is 5.50. The number of nitrogens with zero attached hydrogens (tertiary/aromatic N) is 6. The van der Waals surface area contributed by atoms with Gasteiger partial charge >= 0.3 is 0 Å². The number of fused-ring (bicyclic) bond motifs is 1. The number of aromatic nitrogens is 4. The molecule has 0 radical (unpaired) electrons. The Balaban J connectivity index is 1.54. The summed E-state index contributed by atoms with van der Waals surface area (Å²) in [6.45, 7) is 4.81. The number of morpholine rings is 1. The van der Waals surface area contributed by atoms with Crippen LogP contribution in [0.5, 0.6) is 5.75 Å². The number of anilines is 3. The van der Waals surface area contributed by atoms with Gasteiger partial charge in [0.15, 0.2) is 17.0 Å². The second-order valence-electron chi connectivity index (χ2n) is 7.75. The highest BCUT2D eigenvalue weighted by Gasteiger charge is 2.19. The molecule has 1 aliphatic heterocycles. The molecule has 4 aromatic rings. The molecule has 0 unspecified atom stereocenters. The number of hydrogen-bond acceptors (Lipinski definition) is 8. The van der Waals surface area contributed by atoms with Crippen molar-refractivity contribution in [1.82, 2.24) is 19.6 Å². The molecule has 2 aromatic carbocycles. The molecule has 0 atom stereocenters. The normalized spacial score (nSPS) is 14.2. The Hall–Kier alpha value is -3.98. The summed E-state index contributed by atoms with van der Waals surface area (Å²) in [5, 5.41) is 7.99. The lowest BCUT2D eigenvalue weighted by molar-refractivity contribution is 0.122. The van der Waals surface area contributed by atoms with Crippen LogP contribution in [0.15, 0.2) is 60.0 Å². The summed E-state index contributed by atoms with van der Waals surface area (Å²) in [7, 11) is 1.65. The van der Waals surface area contributed by atoms with E-state index in [1.54, 1.807) is 24.3 Å². The molecule has 0 saturated carbocycles. The fourth-order valence-electron chi connectivity index (χ4n) is 3.64. The van der Waals surface area contributed by atoms with Gasteiger partial charge in [0.05, 0.1) is 26.5 Å². The molecule has 0 spiro atoms. The molecule has 0 amide bonds. The van der Waals surface area contributed by atoms with Crippen LogP contribution in [0.3, 0.4) is 0 Å². The molecule has 9 nitrogen and oxygen atoms in total. The molecular weight excluding hydrogens is 418 g/mol. The van der Waals surface area contributed by atoms with E-state index >= 15 is 0 Å². The van der Waals surface area contributed by atoms with Gasteiger partial charge in [-0.1, -0.05) is 29.8 Å². The zero-order valence-corrected chi connectivity index (χ0v) is 18.6. The Morgan fingerprint density at radius 3 is 2.67 bits per heavy atom. The van der Waals surface area contributed by atoms with Crippen LogP contribution in [-0.4, -0.2) is 59.3 Å². The summed E-state index contributed by atoms with van der Waals surface area (Å²) in [6, 6.07) is 15.8. The van der Waals surface area contributed by atoms with Crippen LogP contribution in [0.1, 0.15) is 11.1 Å². The quantitative estimate of drug-likeness (QED) is 0.455. The lowest BCUT2D eigenvalue weighted by Gasteiger charge is -2.27. The molecule has 2 aromatic heterocycles. The monoisotopic (exact) mass is 443 g/mol. The maximum Gasteiger partial charge on any atom is 0.229 e. The van der Waals surface area contributed by atoms with Gasteiger partial charge in [-0.3, -0.25) is 0 Å². The highest BCUT2D eigenvalue weighted by atomic mass is 16.5. The molecule has 33 heavy (non-hydrogen) atoms. The van der Waals surface area contributed by atoms with Crippen molar-refractivity contribution in [2.45, 2.75) is 6.92 Å². The van der Waals surface area contributed by atoms with Crippen molar-refractivity contribution in [3.8, 4) is 5.75 Å². The third kappa shape index (κ3) is 4.63. The van der Waals surface area contributed by atoms with E-state index in [1.807, 2.05) is 36.4 Å². The Morgan fingerprint density at radius 2 is 1.91 bits per heavy atom. The number of ether oxygens (including phenoxy) is 2. The van der Waals surface area contributed by atoms with Crippen molar-refractivity contribution in [2.75, 3.05) is 43.6 Å². The van der Waals surface area contributed by atoms with Gasteiger partial charge in [-0.15, -0.1) is 0 Å². The number of rotatable bonds is 6. The van der Waals surface area contributed by atoms with Crippen molar-refractivity contribution in [2.24, 2.45) is 5.10 Å². The molecule has 1 saturated heterocycles. The van der Waals surface area contributed by atoms with Gasteiger partial charge in [-0.05, 0) is 36.8 Å². The van der Waals surface area contributed by atoms with E-state index in [4.69, 9.17) is 19.4 Å². The molecule has 1 fully saturated rings. The molecule has 168 valence electrons. The van der Waals surface area contributed by atoms with E-state index in [2.05, 4.69) is 39.4 Å². The fraction of sp³-hybridized carbons (Fsp3) is 0.250. The Bertz CT molecular complexity index is 1280. The predicted octanol–water partition coefficient (Wildman–Crippen LogP) is 3.61. The summed E-state index contributed by atoms with van der Waals surface area (Å²) in [6.07, 6.45) is 3.47. The lowest BCUT2D eigenvalue weighted by Crippen LogP contribution is -2.37. The number of methoxy groups -OCH3 is 1. The Labute approximate surface area is 191 Å². The van der Waals surface area contributed by atoms with E-state index in [-0.39, 0.29) is 0 Å². The molecule has 3 heterocycles. The average molecular weight is 444 g/mol. The fourth-order valence-corrected chi connectivity index (χ4v) is 3.64. The SMILES string of the molecule is COc1ccc(Nc2nc(N3CCOCC3)nc3c2ncn3N=Cc2cccc(C)c2)cc1. The van der Waals surface area contributed by atoms with Gasteiger partial charge in [0, 0.05) is 18.8 Å². The molecule has 9 heteroatoms. The number of benzene rings is 2. The summed E-state index contributed by atoms with van der Waals surface area (Å²) in [5.41, 5.74) is 4.34. The van der Waals surface area contributed by atoms with E-state index in [0.717, 1.165) is 30.1 Å². The van der Waals surface area contributed by atoms with Crippen LogP contribution < -0.4 is 15.0 Å². The van der Waals surface area contributed by atoms with Crippen molar-refractivity contribution in [3.63, 3.8) is 0 Å². The highest BCUT2D eigenvalue weighted by molar-refractivity contribution is 5.87. The van der Waals surface area contributed by atoms with Gasteiger partial charge in [0.1, 0.15) is 12.1 Å². The minimum Gasteiger partial charge on any atom is -0.497 e. The summed E-state index contributed by atoms with van der Waals surface area (Å²) in [4.78, 5) is 16.3. The molecule has 1 N–H and O–H groups in total. The first-order chi connectivity index (χ1) is 16.2. The number of hydrogen-bond donors (Lipinski definition) is 1. The Morgan fingerprint density at radius 1 is 1.09 bits per heavy atom. The first-order valence-electron chi connectivity index (χ1n) is 10.8. The first kappa shape index (κ1) is 20.9. The van der Waals surface area contributed by atoms with Crippen molar-refractivity contribution in [3.05, 3.63) is 66.0 Å². The van der Waals surface area contributed by atoms with Crippen molar-refractivity contribution in [1.29, 1.82) is 0 Å². The van der Waals surface area contributed by atoms with Crippen LogP contribution in [0.4, 0.5) is 17.5 Å². The van der Waals surface area contributed by atoms with Gasteiger partial charge in [-0.2, -0.15) is 15.1 Å². The van der Waals surface area contributed by atoms with E-state index in [0.29, 0.717) is 36.1 Å². The molecular formula is C24H25N7O2. The van der Waals surface area contributed by atoms with E-state index in [1.165, 1.54) is 5.56 Å². The van der Waals surface area contributed by atoms with Crippen molar-refractivity contribution < 1.29 is 9.47 Å². The summed E-state index contributed by atoms with van der Waals surface area (Å²) < 4.78 is 12.4. The van der Waals surface area contributed by atoms with E-state index < -0.39 is 0 Å². The van der Waals surface area contributed by atoms with Crippen molar-refractivity contribution >= 4 is 34.8 Å². The second kappa shape index (κ2) is 9.25. The maximum atomic E-state index is 5.50. The number of nitrogens with one attached hydrogen (secondary N) is 1. The predicted molar refractivity (Wildman–Crippen MR) is 129 cm³/mol. The van der Waals surface area contributed by atoms with Gasteiger partial charge in [0.2, 0.25) is 5.95 Å². The number of aryl methyl sites for hydroxylation is 1. The van der Waals surface area contributed by atoms with Crippen LogP contribution in [0.2, 0.25) is 0 Å². The lowest BCUT2D eigenvalue weighted by atomic mass is 10.2. The standard InChI is InChI=1S/C24H25N7O2/c1-17-4-3-5-18(14-17)15-26-31-16-25-21-22(27-19-6-8-20(32-2)9-7-19)28-24(29-23(21)31)30-10-12-33-13-11-30/h3-9,14-16H,10-13H2,1-2H3,(H,27,28,29). The minimum atomic E-state index is 0.620. The third-order valence-electron chi connectivity index (χ3n) is 5.39. The first-order valence-corrected chi connectivity index (χ1v) is 10.8. The summed E-state index contributed by atoms with van der Waals surface area (Å²) >= 11 is 0. The third-order valence-corrected chi connectivity index (χ3v) is 5.39. The van der Waals surface area contributed by atoms with Crippen LogP contribution >= 0.6 is 0 Å².